The van der Waals surface area contributed by atoms with Crippen molar-refractivity contribution in [3.63, 3.8) is 0 Å². The Labute approximate surface area is 93.7 Å². The first kappa shape index (κ1) is 9.63. The van der Waals surface area contributed by atoms with Crippen LogP contribution in [0.25, 0.3) is 0 Å². The van der Waals surface area contributed by atoms with Crippen LogP contribution in [0.4, 0.5) is 0 Å². The Morgan fingerprint density at radius 3 is 3.06 bits per heavy atom. The molecule has 1 N–H and O–H groups in total. The van der Waals surface area contributed by atoms with Crippen LogP contribution in [-0.2, 0) is 0 Å². The molecule has 2 saturated carbocycles. The van der Waals surface area contributed by atoms with Crippen LogP contribution < -0.4 is 5.43 Å². The normalized spacial score (nSPS) is 29.9. The van der Waals surface area contributed by atoms with Gasteiger partial charge in [0.15, 0.2) is 5.76 Å². The van der Waals surface area contributed by atoms with E-state index in [4.69, 9.17) is 4.42 Å². The van der Waals surface area contributed by atoms with Gasteiger partial charge in [0.2, 0.25) is 0 Å². The fraction of sp³-hybridized carbons (Fsp3) is 0.500. The van der Waals surface area contributed by atoms with Crippen molar-refractivity contribution in [2.75, 3.05) is 0 Å². The van der Waals surface area contributed by atoms with Crippen LogP contribution in [0.5, 0.6) is 0 Å². The van der Waals surface area contributed by atoms with Crippen LogP contribution in [0.3, 0.4) is 0 Å². The molecule has 0 saturated heterocycles. The summed E-state index contributed by atoms with van der Waals surface area (Å²) in [7, 11) is 0. The number of furan rings is 1. The van der Waals surface area contributed by atoms with Crippen molar-refractivity contribution in [3.05, 3.63) is 24.2 Å². The number of hydrogen-bond acceptors (Lipinski definition) is 3. The summed E-state index contributed by atoms with van der Waals surface area (Å²) in [6, 6.07) is 3.33. The van der Waals surface area contributed by atoms with Crippen LogP contribution in [-0.4, -0.2) is 11.6 Å². The highest BCUT2D eigenvalue weighted by Crippen LogP contribution is 2.42. The second kappa shape index (κ2) is 3.77. The average molecular weight is 218 g/mol. The van der Waals surface area contributed by atoms with E-state index in [0.717, 1.165) is 18.1 Å². The first-order valence-corrected chi connectivity index (χ1v) is 5.73. The molecule has 16 heavy (non-hydrogen) atoms. The number of hydrogen-bond donors (Lipinski definition) is 1. The van der Waals surface area contributed by atoms with E-state index in [1.165, 1.54) is 25.5 Å². The molecule has 84 valence electrons. The largest absolute Gasteiger partial charge is 0.459 e. The summed E-state index contributed by atoms with van der Waals surface area (Å²) in [6.07, 6.45) is 6.37. The fourth-order valence-electron chi connectivity index (χ4n) is 2.75. The minimum absolute atomic E-state index is 0.264. The molecule has 0 aliphatic heterocycles. The second-order valence-corrected chi connectivity index (χ2v) is 4.60. The second-order valence-electron chi connectivity index (χ2n) is 4.60. The molecule has 0 spiro atoms. The summed E-state index contributed by atoms with van der Waals surface area (Å²) in [4.78, 5) is 11.6. The van der Waals surface area contributed by atoms with Crippen molar-refractivity contribution in [1.82, 2.24) is 5.43 Å². The molecular formula is C12H14N2O2. The van der Waals surface area contributed by atoms with Gasteiger partial charge < -0.3 is 4.42 Å². The molecule has 1 aromatic heterocycles. The molecule has 0 aromatic carbocycles. The molecule has 1 aromatic rings. The molecule has 1 heterocycles. The number of nitrogens with one attached hydrogen (secondary N) is 1. The van der Waals surface area contributed by atoms with Crippen LogP contribution in [0.1, 0.15) is 36.2 Å². The average Bonchev–Trinajstić information content (AvgIpc) is 3.01. The molecule has 1 amide bonds. The summed E-state index contributed by atoms with van der Waals surface area (Å²) in [5.41, 5.74) is 3.73. The Kier molecular flexibility index (Phi) is 2.27. The van der Waals surface area contributed by atoms with E-state index in [-0.39, 0.29) is 5.91 Å². The monoisotopic (exact) mass is 218 g/mol. The maximum Gasteiger partial charge on any atom is 0.307 e. The molecule has 2 bridgehead atoms. The van der Waals surface area contributed by atoms with Gasteiger partial charge in [-0.2, -0.15) is 5.10 Å². The third-order valence-corrected chi connectivity index (χ3v) is 3.56. The third-order valence-electron chi connectivity index (χ3n) is 3.56. The zero-order chi connectivity index (χ0) is 11.0. The Morgan fingerprint density at radius 1 is 1.50 bits per heavy atom. The minimum Gasteiger partial charge on any atom is -0.459 e. The van der Waals surface area contributed by atoms with Crippen molar-refractivity contribution < 1.29 is 9.21 Å². The van der Waals surface area contributed by atoms with Crippen molar-refractivity contribution in [3.8, 4) is 0 Å². The maximum atomic E-state index is 11.6. The lowest BCUT2D eigenvalue weighted by Crippen LogP contribution is -2.21. The quantitative estimate of drug-likeness (QED) is 0.773. The number of nitrogens with zero attached hydrogens (tertiary/aromatic N) is 1. The van der Waals surface area contributed by atoms with E-state index in [9.17, 15) is 4.79 Å². The van der Waals surface area contributed by atoms with Crippen molar-refractivity contribution >= 4 is 11.6 Å². The molecule has 2 aliphatic rings. The van der Waals surface area contributed by atoms with Crippen LogP contribution in [0.15, 0.2) is 27.9 Å². The van der Waals surface area contributed by atoms with Crippen molar-refractivity contribution in [1.29, 1.82) is 0 Å². The van der Waals surface area contributed by atoms with Gasteiger partial charge in [0.25, 0.3) is 0 Å². The molecule has 2 atom stereocenters. The molecular weight excluding hydrogens is 204 g/mol. The van der Waals surface area contributed by atoms with Crippen molar-refractivity contribution in [2.45, 2.75) is 25.7 Å². The highest BCUT2D eigenvalue weighted by atomic mass is 16.3. The number of hydrazone groups is 1. The molecule has 2 fully saturated rings. The summed E-state index contributed by atoms with van der Waals surface area (Å²) >= 11 is 0. The molecule has 3 rings (SSSR count). The lowest BCUT2D eigenvalue weighted by molar-refractivity contribution is 0.0927. The molecule has 4 heteroatoms. The van der Waals surface area contributed by atoms with Gasteiger partial charge in [-0.25, -0.2) is 5.43 Å². The number of rotatable bonds is 2. The number of carbonyl (C=O) groups excluding carboxylic acids is 1. The molecule has 2 unspecified atom stereocenters. The van der Waals surface area contributed by atoms with E-state index in [1.807, 2.05) is 0 Å². The Balaban J connectivity index is 1.64. The fourth-order valence-corrected chi connectivity index (χ4v) is 2.75. The van der Waals surface area contributed by atoms with Gasteiger partial charge in [-0.1, -0.05) is 0 Å². The highest BCUT2D eigenvalue weighted by molar-refractivity contribution is 5.94. The summed E-state index contributed by atoms with van der Waals surface area (Å²) in [5, 5.41) is 4.22. The zero-order valence-electron chi connectivity index (χ0n) is 8.98. The van der Waals surface area contributed by atoms with E-state index in [2.05, 4.69) is 10.5 Å². The van der Waals surface area contributed by atoms with E-state index >= 15 is 0 Å². The van der Waals surface area contributed by atoms with Gasteiger partial charge in [0.1, 0.15) is 0 Å². The highest BCUT2D eigenvalue weighted by Gasteiger charge is 2.36. The van der Waals surface area contributed by atoms with E-state index in [1.54, 1.807) is 12.1 Å². The standard InChI is InChI=1S/C12H14N2O2/c15-12(11-2-1-5-16-11)14-13-10-7-8-3-4-9(10)6-8/h1-2,5,8-9H,3-4,6-7H2,(H,14,15)/b13-10-. The van der Waals surface area contributed by atoms with Crippen LogP contribution in [0.2, 0.25) is 0 Å². The molecule has 2 aliphatic carbocycles. The summed E-state index contributed by atoms with van der Waals surface area (Å²) in [6.45, 7) is 0. The van der Waals surface area contributed by atoms with Gasteiger partial charge in [-0.05, 0) is 49.7 Å². The third kappa shape index (κ3) is 1.64. The van der Waals surface area contributed by atoms with E-state index < -0.39 is 0 Å². The molecule has 0 radical (unpaired) electrons. The lowest BCUT2D eigenvalue weighted by atomic mass is 9.99. The van der Waals surface area contributed by atoms with Crippen molar-refractivity contribution in [2.24, 2.45) is 16.9 Å². The Morgan fingerprint density at radius 2 is 2.44 bits per heavy atom. The minimum atomic E-state index is -0.264. The topological polar surface area (TPSA) is 54.6 Å². The van der Waals surface area contributed by atoms with Gasteiger partial charge in [-0.3, -0.25) is 4.79 Å². The van der Waals surface area contributed by atoms with Gasteiger partial charge in [0, 0.05) is 5.71 Å². The maximum absolute atomic E-state index is 11.6. The predicted octanol–water partition coefficient (Wildman–Crippen LogP) is 2.19. The number of fused-ring (bicyclic) bond motifs is 2. The van der Waals surface area contributed by atoms with Gasteiger partial charge >= 0.3 is 5.91 Å². The van der Waals surface area contributed by atoms with Gasteiger partial charge in [-0.15, -0.1) is 0 Å². The predicted molar refractivity (Wildman–Crippen MR) is 59.1 cm³/mol. The lowest BCUT2D eigenvalue weighted by Gasteiger charge is -2.11. The zero-order valence-corrected chi connectivity index (χ0v) is 8.98. The van der Waals surface area contributed by atoms with Crippen LogP contribution in [0, 0.1) is 11.8 Å². The number of amides is 1. The summed E-state index contributed by atoms with van der Waals surface area (Å²) < 4.78 is 4.99. The summed E-state index contributed by atoms with van der Waals surface area (Å²) in [5.74, 6) is 1.47. The smallest absolute Gasteiger partial charge is 0.307 e. The Hall–Kier alpha value is -1.58. The first-order chi connectivity index (χ1) is 7.83. The van der Waals surface area contributed by atoms with E-state index in [0.29, 0.717) is 11.7 Å². The van der Waals surface area contributed by atoms with Crippen LogP contribution >= 0.6 is 0 Å². The van der Waals surface area contributed by atoms with Gasteiger partial charge in [0.05, 0.1) is 6.26 Å². The molecule has 4 nitrogen and oxygen atoms in total. The first-order valence-electron chi connectivity index (χ1n) is 5.73. The SMILES string of the molecule is O=C(N/N=C1/CC2CCC1C2)c1ccco1. The Bertz CT molecular complexity index is 422. The number of carbonyl (C=O) groups is 1.